The minimum Gasteiger partial charge on any atom is -0.321 e. The van der Waals surface area contributed by atoms with E-state index in [0.29, 0.717) is 5.02 Å². The summed E-state index contributed by atoms with van der Waals surface area (Å²) in [5, 5.41) is 11.6. The van der Waals surface area contributed by atoms with E-state index in [1.54, 1.807) is 19.3 Å². The summed E-state index contributed by atoms with van der Waals surface area (Å²) in [6.07, 6.45) is 4.78. The quantitative estimate of drug-likeness (QED) is 0.935. The van der Waals surface area contributed by atoms with Crippen molar-refractivity contribution in [3.63, 3.8) is 0 Å². The summed E-state index contributed by atoms with van der Waals surface area (Å²) in [6.45, 7) is 6.45. The Kier molecular flexibility index (Phi) is 3.90. The lowest BCUT2D eigenvalue weighted by molar-refractivity contribution is -0.119. The summed E-state index contributed by atoms with van der Waals surface area (Å²) < 4.78 is 3.35. The van der Waals surface area contributed by atoms with Gasteiger partial charge in [-0.25, -0.2) is 0 Å². The monoisotopic (exact) mass is 281 g/mol. The number of aryl methyl sites for hydroxylation is 1. The Labute approximate surface area is 116 Å². The van der Waals surface area contributed by atoms with Crippen LogP contribution in [0.1, 0.15) is 25.6 Å². The average Bonchev–Trinajstić information content (AvgIpc) is 2.96. The van der Waals surface area contributed by atoms with E-state index in [1.165, 1.54) is 10.9 Å². The van der Waals surface area contributed by atoms with Crippen molar-refractivity contribution in [2.45, 2.75) is 33.4 Å². The standard InChI is InChI=1S/C12H16ClN5O/c1-4-17-8(2)11(6-15-17)16-12(19)9(3)18-7-10(13)5-14-18/h5-7,9H,4H2,1-3H3,(H,16,19). The van der Waals surface area contributed by atoms with Gasteiger partial charge in [-0.2, -0.15) is 10.2 Å². The molecule has 0 spiro atoms. The topological polar surface area (TPSA) is 64.7 Å². The first-order valence-electron chi connectivity index (χ1n) is 6.05. The number of hydrogen-bond donors (Lipinski definition) is 1. The number of nitrogens with zero attached hydrogens (tertiary/aromatic N) is 4. The van der Waals surface area contributed by atoms with Crippen molar-refractivity contribution in [2.75, 3.05) is 5.32 Å². The molecule has 0 aliphatic heterocycles. The minimum atomic E-state index is -0.433. The Morgan fingerprint density at radius 1 is 1.47 bits per heavy atom. The molecule has 0 aliphatic carbocycles. The lowest BCUT2D eigenvalue weighted by atomic mass is 10.3. The molecule has 0 fully saturated rings. The molecular weight excluding hydrogens is 266 g/mol. The largest absolute Gasteiger partial charge is 0.321 e. The van der Waals surface area contributed by atoms with Crippen LogP contribution in [0, 0.1) is 6.92 Å². The van der Waals surface area contributed by atoms with Crippen molar-refractivity contribution in [3.05, 3.63) is 29.3 Å². The average molecular weight is 282 g/mol. The highest BCUT2D eigenvalue weighted by atomic mass is 35.5. The summed E-state index contributed by atoms with van der Waals surface area (Å²) in [4.78, 5) is 12.1. The van der Waals surface area contributed by atoms with Crippen molar-refractivity contribution in [3.8, 4) is 0 Å². The van der Waals surface area contributed by atoms with Gasteiger partial charge in [-0.1, -0.05) is 11.6 Å². The molecule has 1 atom stereocenters. The Morgan fingerprint density at radius 2 is 2.21 bits per heavy atom. The van der Waals surface area contributed by atoms with Crippen LogP contribution in [0.4, 0.5) is 5.69 Å². The van der Waals surface area contributed by atoms with Gasteiger partial charge in [0.05, 0.1) is 28.8 Å². The van der Waals surface area contributed by atoms with E-state index in [9.17, 15) is 4.79 Å². The van der Waals surface area contributed by atoms with Gasteiger partial charge < -0.3 is 5.32 Å². The Morgan fingerprint density at radius 3 is 2.74 bits per heavy atom. The number of carbonyl (C=O) groups excluding carboxylic acids is 1. The fraction of sp³-hybridized carbons (Fsp3) is 0.417. The third-order valence-corrected chi connectivity index (χ3v) is 3.20. The van der Waals surface area contributed by atoms with Crippen LogP contribution in [-0.4, -0.2) is 25.5 Å². The molecule has 7 heteroatoms. The highest BCUT2D eigenvalue weighted by Gasteiger charge is 2.17. The number of anilines is 1. The SMILES string of the molecule is CCn1ncc(NC(=O)C(C)n2cc(Cl)cn2)c1C. The maximum absolute atomic E-state index is 12.1. The summed E-state index contributed by atoms with van der Waals surface area (Å²) in [5.74, 6) is -0.154. The van der Waals surface area contributed by atoms with E-state index in [2.05, 4.69) is 15.5 Å². The van der Waals surface area contributed by atoms with Gasteiger partial charge in [0.1, 0.15) is 6.04 Å². The van der Waals surface area contributed by atoms with Crippen molar-refractivity contribution in [1.29, 1.82) is 0 Å². The van der Waals surface area contributed by atoms with Gasteiger partial charge in [0.25, 0.3) is 0 Å². The number of nitrogens with one attached hydrogen (secondary N) is 1. The summed E-state index contributed by atoms with van der Waals surface area (Å²) >= 11 is 5.79. The fourth-order valence-electron chi connectivity index (χ4n) is 1.77. The van der Waals surface area contributed by atoms with Crippen LogP contribution in [-0.2, 0) is 11.3 Å². The zero-order valence-corrected chi connectivity index (χ0v) is 11.8. The van der Waals surface area contributed by atoms with E-state index in [0.717, 1.165) is 17.9 Å². The zero-order chi connectivity index (χ0) is 14.0. The molecule has 0 aromatic carbocycles. The van der Waals surface area contributed by atoms with E-state index >= 15 is 0 Å². The molecule has 1 unspecified atom stereocenters. The third kappa shape index (κ3) is 2.78. The van der Waals surface area contributed by atoms with E-state index in [1.807, 2.05) is 18.5 Å². The van der Waals surface area contributed by atoms with Gasteiger partial charge in [0.15, 0.2) is 0 Å². The molecule has 0 saturated carbocycles. The maximum Gasteiger partial charge on any atom is 0.249 e. The van der Waals surface area contributed by atoms with E-state index in [4.69, 9.17) is 11.6 Å². The summed E-state index contributed by atoms with van der Waals surface area (Å²) in [6, 6.07) is -0.433. The van der Waals surface area contributed by atoms with Crippen LogP contribution < -0.4 is 5.32 Å². The molecule has 2 heterocycles. The van der Waals surface area contributed by atoms with Crippen molar-refractivity contribution < 1.29 is 4.79 Å². The molecule has 0 saturated heterocycles. The number of carbonyl (C=O) groups is 1. The second-order valence-corrected chi connectivity index (χ2v) is 4.70. The second-order valence-electron chi connectivity index (χ2n) is 4.26. The smallest absolute Gasteiger partial charge is 0.249 e. The minimum absolute atomic E-state index is 0.154. The summed E-state index contributed by atoms with van der Waals surface area (Å²) in [7, 11) is 0. The predicted molar refractivity (Wildman–Crippen MR) is 73.2 cm³/mol. The predicted octanol–water partition coefficient (Wildman–Crippen LogP) is 2.26. The molecule has 1 N–H and O–H groups in total. The molecule has 0 bridgehead atoms. The third-order valence-electron chi connectivity index (χ3n) is 3.01. The molecule has 6 nitrogen and oxygen atoms in total. The summed E-state index contributed by atoms with van der Waals surface area (Å²) in [5.41, 5.74) is 1.65. The lowest BCUT2D eigenvalue weighted by Gasteiger charge is -2.12. The Bertz CT molecular complexity index is 589. The fourth-order valence-corrected chi connectivity index (χ4v) is 1.92. The maximum atomic E-state index is 12.1. The van der Waals surface area contributed by atoms with Crippen LogP contribution in [0.15, 0.2) is 18.6 Å². The van der Waals surface area contributed by atoms with Gasteiger partial charge in [-0.3, -0.25) is 14.2 Å². The number of hydrogen-bond acceptors (Lipinski definition) is 3. The lowest BCUT2D eigenvalue weighted by Crippen LogP contribution is -2.24. The Balaban J connectivity index is 2.10. The zero-order valence-electron chi connectivity index (χ0n) is 11.1. The molecule has 0 radical (unpaired) electrons. The molecule has 2 aromatic heterocycles. The van der Waals surface area contributed by atoms with E-state index < -0.39 is 6.04 Å². The van der Waals surface area contributed by atoms with Gasteiger partial charge in [-0.15, -0.1) is 0 Å². The van der Waals surface area contributed by atoms with Gasteiger partial charge in [-0.05, 0) is 20.8 Å². The first kappa shape index (κ1) is 13.6. The van der Waals surface area contributed by atoms with Crippen molar-refractivity contribution >= 4 is 23.2 Å². The van der Waals surface area contributed by atoms with Gasteiger partial charge in [0, 0.05) is 12.7 Å². The highest BCUT2D eigenvalue weighted by molar-refractivity contribution is 6.30. The molecule has 0 aliphatic rings. The normalized spacial score (nSPS) is 12.4. The highest BCUT2D eigenvalue weighted by Crippen LogP contribution is 2.17. The second kappa shape index (κ2) is 5.44. The number of rotatable bonds is 4. The van der Waals surface area contributed by atoms with Crippen LogP contribution in [0.3, 0.4) is 0 Å². The van der Waals surface area contributed by atoms with Gasteiger partial charge in [0.2, 0.25) is 5.91 Å². The number of halogens is 1. The van der Waals surface area contributed by atoms with Crippen molar-refractivity contribution in [1.82, 2.24) is 19.6 Å². The van der Waals surface area contributed by atoms with Crippen molar-refractivity contribution in [2.24, 2.45) is 0 Å². The Hall–Kier alpha value is -1.82. The number of amides is 1. The van der Waals surface area contributed by atoms with Crippen LogP contribution in [0.25, 0.3) is 0 Å². The van der Waals surface area contributed by atoms with Crippen LogP contribution >= 0.6 is 11.6 Å². The molecule has 19 heavy (non-hydrogen) atoms. The van der Waals surface area contributed by atoms with E-state index in [-0.39, 0.29) is 5.91 Å². The van der Waals surface area contributed by atoms with Gasteiger partial charge >= 0.3 is 0 Å². The molecular formula is C12H16ClN5O. The molecule has 1 amide bonds. The first-order valence-corrected chi connectivity index (χ1v) is 6.43. The first-order chi connectivity index (χ1) is 9.02. The van der Waals surface area contributed by atoms with Crippen LogP contribution in [0.2, 0.25) is 5.02 Å². The van der Waals surface area contributed by atoms with Crippen LogP contribution in [0.5, 0.6) is 0 Å². The molecule has 2 rings (SSSR count). The molecule has 2 aromatic rings. The molecule has 102 valence electrons. The number of aromatic nitrogens is 4.